The van der Waals surface area contributed by atoms with Crippen molar-refractivity contribution in [3.63, 3.8) is 0 Å². The number of rotatable bonds is 6. The average molecular weight is 299 g/mol. The summed E-state index contributed by atoms with van der Waals surface area (Å²) >= 11 is 1.79. The maximum atomic E-state index is 4.03. The first-order valence-corrected chi connectivity index (χ1v) is 7.64. The van der Waals surface area contributed by atoms with Crippen molar-refractivity contribution in [1.82, 2.24) is 15.2 Å². The van der Waals surface area contributed by atoms with Gasteiger partial charge in [0.1, 0.15) is 6.33 Å². The quantitative estimate of drug-likeness (QED) is 0.652. The monoisotopic (exact) mass is 299 g/mol. The molecule has 0 aliphatic heterocycles. The van der Waals surface area contributed by atoms with Gasteiger partial charge in [-0.25, -0.2) is 10.1 Å². The van der Waals surface area contributed by atoms with Crippen molar-refractivity contribution in [3.8, 4) is 0 Å². The number of hydrogen-bond acceptors (Lipinski definition) is 5. The summed E-state index contributed by atoms with van der Waals surface area (Å²) in [5.74, 6) is 0.686. The van der Waals surface area contributed by atoms with Gasteiger partial charge in [0.2, 0.25) is 5.95 Å². The molecule has 108 valence electrons. The molecule has 0 unspecified atom stereocenters. The van der Waals surface area contributed by atoms with Crippen molar-refractivity contribution in [2.75, 3.05) is 10.6 Å². The van der Waals surface area contributed by atoms with Gasteiger partial charge in [-0.05, 0) is 41.6 Å². The summed E-state index contributed by atoms with van der Waals surface area (Å²) in [6, 6.07) is 10.6. The number of hydrogen-bond donors (Lipinski definition) is 3. The van der Waals surface area contributed by atoms with Crippen LogP contribution in [-0.4, -0.2) is 15.2 Å². The van der Waals surface area contributed by atoms with Crippen molar-refractivity contribution < 1.29 is 0 Å². The van der Waals surface area contributed by atoms with Crippen LogP contribution in [0.3, 0.4) is 0 Å². The number of aromatic amines is 1. The van der Waals surface area contributed by atoms with Gasteiger partial charge in [-0.1, -0.05) is 12.1 Å². The Morgan fingerprint density at radius 1 is 1.10 bits per heavy atom. The Balaban J connectivity index is 1.53. The summed E-state index contributed by atoms with van der Waals surface area (Å²) < 4.78 is 0. The number of nitrogens with one attached hydrogen (secondary N) is 3. The topological polar surface area (TPSA) is 65.6 Å². The summed E-state index contributed by atoms with van der Waals surface area (Å²) in [4.78, 5) is 5.41. The Kier molecular flexibility index (Phi) is 4.16. The second-order valence-electron chi connectivity index (χ2n) is 4.76. The maximum Gasteiger partial charge on any atom is 0.218 e. The molecule has 5 nitrogen and oxygen atoms in total. The number of H-pyrrole nitrogens is 1. The molecule has 0 fully saturated rings. The van der Waals surface area contributed by atoms with E-state index in [0.29, 0.717) is 5.95 Å². The van der Waals surface area contributed by atoms with E-state index in [0.717, 1.165) is 18.8 Å². The van der Waals surface area contributed by atoms with Gasteiger partial charge in [0.15, 0.2) is 0 Å². The standard InChI is InChI=1S/C15H17N5S/c1-11-6-7-21-14(11)9-16-13-4-2-12(3-5-13)8-17-15-18-10-19-20-15/h2-7,10,16H,8-9H2,1H3,(H2,17,18,19,20). The molecule has 3 aromatic rings. The molecule has 0 bridgehead atoms. The van der Waals surface area contributed by atoms with Gasteiger partial charge in [-0.2, -0.15) is 5.10 Å². The third-order valence-electron chi connectivity index (χ3n) is 3.25. The SMILES string of the molecule is Cc1ccsc1CNc1ccc(CNc2ncn[nH]2)cc1. The van der Waals surface area contributed by atoms with E-state index in [1.54, 1.807) is 11.3 Å². The smallest absolute Gasteiger partial charge is 0.218 e. The normalized spacial score (nSPS) is 10.5. The molecule has 3 N–H and O–H groups in total. The molecule has 6 heteroatoms. The Bertz CT molecular complexity index is 672. The van der Waals surface area contributed by atoms with Gasteiger partial charge >= 0.3 is 0 Å². The van der Waals surface area contributed by atoms with Crippen LogP contribution in [0.15, 0.2) is 42.0 Å². The molecule has 1 aromatic carbocycles. The first-order valence-electron chi connectivity index (χ1n) is 6.76. The van der Waals surface area contributed by atoms with E-state index in [4.69, 9.17) is 0 Å². The summed E-state index contributed by atoms with van der Waals surface area (Å²) in [6.45, 7) is 3.74. The van der Waals surface area contributed by atoms with E-state index in [2.05, 4.69) is 68.5 Å². The lowest BCUT2D eigenvalue weighted by Crippen LogP contribution is -2.02. The number of nitrogens with zero attached hydrogens (tertiary/aromatic N) is 2. The van der Waals surface area contributed by atoms with E-state index in [1.807, 2.05) is 0 Å². The number of thiophene rings is 1. The first-order chi connectivity index (χ1) is 10.3. The fraction of sp³-hybridized carbons (Fsp3) is 0.200. The minimum Gasteiger partial charge on any atom is -0.380 e. The number of benzene rings is 1. The van der Waals surface area contributed by atoms with Crippen LogP contribution < -0.4 is 10.6 Å². The fourth-order valence-electron chi connectivity index (χ4n) is 1.98. The molecule has 0 saturated heterocycles. The molecule has 0 radical (unpaired) electrons. The van der Waals surface area contributed by atoms with Crippen LogP contribution in [0.25, 0.3) is 0 Å². The molecule has 0 spiro atoms. The number of aryl methyl sites for hydroxylation is 1. The lowest BCUT2D eigenvalue weighted by atomic mass is 10.2. The zero-order valence-electron chi connectivity index (χ0n) is 11.8. The molecule has 0 aliphatic rings. The van der Waals surface area contributed by atoms with Gasteiger partial charge < -0.3 is 10.6 Å². The average Bonchev–Trinajstić information content (AvgIpc) is 3.16. The Morgan fingerprint density at radius 2 is 1.95 bits per heavy atom. The van der Waals surface area contributed by atoms with Crippen molar-refractivity contribution in [1.29, 1.82) is 0 Å². The third kappa shape index (κ3) is 3.61. The summed E-state index contributed by atoms with van der Waals surface area (Å²) in [5, 5.41) is 15.3. The second-order valence-corrected chi connectivity index (χ2v) is 5.77. The summed E-state index contributed by atoms with van der Waals surface area (Å²) in [6.07, 6.45) is 1.49. The highest BCUT2D eigenvalue weighted by atomic mass is 32.1. The molecule has 0 saturated carbocycles. The first kappa shape index (κ1) is 13.6. The van der Waals surface area contributed by atoms with Gasteiger partial charge in [0.25, 0.3) is 0 Å². The van der Waals surface area contributed by atoms with Gasteiger partial charge in [-0.15, -0.1) is 11.3 Å². The van der Waals surface area contributed by atoms with E-state index in [1.165, 1.54) is 22.3 Å². The predicted molar refractivity (Wildman–Crippen MR) is 86.5 cm³/mol. The van der Waals surface area contributed by atoms with Crippen molar-refractivity contribution >= 4 is 23.0 Å². The van der Waals surface area contributed by atoms with Gasteiger partial charge in [0.05, 0.1) is 0 Å². The fourth-order valence-corrected chi connectivity index (χ4v) is 2.83. The minimum absolute atomic E-state index is 0.686. The number of anilines is 2. The van der Waals surface area contributed by atoms with Crippen molar-refractivity contribution in [2.45, 2.75) is 20.0 Å². The van der Waals surface area contributed by atoms with E-state index in [9.17, 15) is 0 Å². The minimum atomic E-state index is 0.686. The summed E-state index contributed by atoms with van der Waals surface area (Å²) in [7, 11) is 0. The molecule has 0 atom stereocenters. The zero-order chi connectivity index (χ0) is 14.5. The lowest BCUT2D eigenvalue weighted by Gasteiger charge is -2.08. The molecule has 0 amide bonds. The highest BCUT2D eigenvalue weighted by Gasteiger charge is 2.00. The van der Waals surface area contributed by atoms with E-state index in [-0.39, 0.29) is 0 Å². The molecule has 2 aromatic heterocycles. The number of aromatic nitrogens is 3. The Labute approximate surface area is 127 Å². The second kappa shape index (κ2) is 6.41. The van der Waals surface area contributed by atoms with Crippen LogP contribution in [0.1, 0.15) is 16.0 Å². The van der Waals surface area contributed by atoms with Gasteiger partial charge in [-0.3, -0.25) is 0 Å². The molecule has 3 rings (SSSR count). The van der Waals surface area contributed by atoms with Crippen LogP contribution in [0.4, 0.5) is 11.6 Å². The van der Waals surface area contributed by atoms with E-state index < -0.39 is 0 Å². The maximum absolute atomic E-state index is 4.03. The summed E-state index contributed by atoms with van der Waals surface area (Å²) in [5.41, 5.74) is 3.68. The van der Waals surface area contributed by atoms with Crippen molar-refractivity contribution in [3.05, 3.63) is 58.0 Å². The van der Waals surface area contributed by atoms with Crippen LogP contribution in [0.5, 0.6) is 0 Å². The van der Waals surface area contributed by atoms with Crippen LogP contribution >= 0.6 is 11.3 Å². The van der Waals surface area contributed by atoms with Gasteiger partial charge in [0, 0.05) is 23.7 Å². The van der Waals surface area contributed by atoms with Crippen LogP contribution in [0, 0.1) is 6.92 Å². The lowest BCUT2D eigenvalue weighted by molar-refractivity contribution is 1.04. The largest absolute Gasteiger partial charge is 0.380 e. The van der Waals surface area contributed by atoms with E-state index >= 15 is 0 Å². The molecular weight excluding hydrogens is 282 g/mol. The Morgan fingerprint density at radius 3 is 2.62 bits per heavy atom. The van der Waals surface area contributed by atoms with Crippen LogP contribution in [0.2, 0.25) is 0 Å². The van der Waals surface area contributed by atoms with Crippen molar-refractivity contribution in [2.24, 2.45) is 0 Å². The molecular formula is C15H17N5S. The zero-order valence-corrected chi connectivity index (χ0v) is 12.6. The molecule has 2 heterocycles. The predicted octanol–water partition coefficient (Wildman–Crippen LogP) is 3.40. The highest BCUT2D eigenvalue weighted by molar-refractivity contribution is 7.10. The molecule has 21 heavy (non-hydrogen) atoms. The molecule has 0 aliphatic carbocycles. The Hall–Kier alpha value is -2.34. The third-order valence-corrected chi connectivity index (χ3v) is 4.27. The highest BCUT2D eigenvalue weighted by Crippen LogP contribution is 2.18. The van der Waals surface area contributed by atoms with Crippen LogP contribution in [-0.2, 0) is 13.1 Å².